The van der Waals surface area contributed by atoms with Crippen LogP contribution in [0, 0.1) is 20.8 Å². The van der Waals surface area contributed by atoms with E-state index < -0.39 is 0 Å². The molecular formula is C19H31N4O3+. The predicted molar refractivity (Wildman–Crippen MR) is 102 cm³/mol. The monoisotopic (exact) mass is 363 g/mol. The molecule has 26 heavy (non-hydrogen) atoms. The number of amides is 3. The first-order chi connectivity index (χ1) is 12.2. The van der Waals surface area contributed by atoms with Gasteiger partial charge < -0.3 is 20.9 Å². The van der Waals surface area contributed by atoms with Crippen LogP contribution in [0.4, 0.5) is 5.69 Å². The SMILES string of the molecule is CCCNC(=O)CNC(=O)C[NH+](C)CC(=O)Nc1c(C)cc(C)cc1C. The Hall–Kier alpha value is -2.41. The van der Waals surface area contributed by atoms with Crippen LogP contribution in [-0.4, -0.2) is 50.9 Å². The van der Waals surface area contributed by atoms with Crippen LogP contribution in [-0.2, 0) is 14.4 Å². The molecule has 144 valence electrons. The number of likely N-dealkylation sites (N-methyl/N-ethyl adjacent to an activating group) is 1. The average Bonchev–Trinajstić information content (AvgIpc) is 2.54. The molecule has 0 saturated heterocycles. The standard InChI is InChI=1S/C19H30N4O3/c1-6-7-20-16(24)10-21-17(25)11-23(5)12-18(26)22-19-14(3)8-13(2)9-15(19)4/h8-9H,6-7,10-12H2,1-5H3,(H,20,24)(H,21,25)(H,22,26)/p+1. The number of benzene rings is 1. The van der Waals surface area contributed by atoms with E-state index >= 15 is 0 Å². The van der Waals surface area contributed by atoms with Gasteiger partial charge in [0.25, 0.3) is 11.8 Å². The number of carbonyl (C=O) groups is 3. The zero-order valence-electron chi connectivity index (χ0n) is 16.4. The Bertz CT molecular complexity index is 635. The number of aryl methyl sites for hydroxylation is 3. The summed E-state index contributed by atoms with van der Waals surface area (Å²) in [4.78, 5) is 36.3. The fraction of sp³-hybridized carbons (Fsp3) is 0.526. The van der Waals surface area contributed by atoms with Crippen LogP contribution >= 0.6 is 0 Å². The second-order valence-corrected chi connectivity index (χ2v) is 6.76. The van der Waals surface area contributed by atoms with Crippen molar-refractivity contribution in [3.05, 3.63) is 28.8 Å². The van der Waals surface area contributed by atoms with Gasteiger partial charge in [0.15, 0.2) is 13.1 Å². The van der Waals surface area contributed by atoms with E-state index in [1.165, 1.54) is 0 Å². The third kappa shape index (κ3) is 7.65. The molecule has 0 aliphatic heterocycles. The summed E-state index contributed by atoms with van der Waals surface area (Å²) >= 11 is 0. The van der Waals surface area contributed by atoms with Crippen LogP contribution in [0.2, 0.25) is 0 Å². The Morgan fingerprint density at radius 1 is 0.923 bits per heavy atom. The molecule has 7 heteroatoms. The highest BCUT2D eigenvalue weighted by Gasteiger charge is 2.16. The number of anilines is 1. The van der Waals surface area contributed by atoms with Crippen molar-refractivity contribution in [2.24, 2.45) is 0 Å². The summed E-state index contributed by atoms with van der Waals surface area (Å²) in [5.41, 5.74) is 4.01. The highest BCUT2D eigenvalue weighted by Crippen LogP contribution is 2.21. The summed E-state index contributed by atoms with van der Waals surface area (Å²) in [6.45, 7) is 8.75. The lowest BCUT2D eigenvalue weighted by Crippen LogP contribution is -3.11. The van der Waals surface area contributed by atoms with Gasteiger partial charge in [0.1, 0.15) is 0 Å². The van der Waals surface area contributed by atoms with Crippen molar-refractivity contribution in [2.75, 3.05) is 38.5 Å². The molecule has 1 aromatic rings. The van der Waals surface area contributed by atoms with Crippen LogP contribution in [0.1, 0.15) is 30.0 Å². The van der Waals surface area contributed by atoms with Gasteiger partial charge in [-0.1, -0.05) is 24.6 Å². The smallest absolute Gasteiger partial charge is 0.279 e. The molecule has 0 aromatic heterocycles. The molecule has 1 unspecified atom stereocenters. The summed E-state index contributed by atoms with van der Waals surface area (Å²) in [5.74, 6) is -0.614. The summed E-state index contributed by atoms with van der Waals surface area (Å²) < 4.78 is 0. The minimum absolute atomic E-state index is 0.0416. The maximum Gasteiger partial charge on any atom is 0.279 e. The molecule has 0 aliphatic rings. The van der Waals surface area contributed by atoms with Crippen LogP contribution in [0.25, 0.3) is 0 Å². The van der Waals surface area contributed by atoms with Crippen molar-refractivity contribution in [1.82, 2.24) is 10.6 Å². The fourth-order valence-corrected chi connectivity index (χ4v) is 2.74. The Kier molecular flexibility index (Phi) is 8.78. The molecule has 0 spiro atoms. The molecular weight excluding hydrogens is 332 g/mol. The van der Waals surface area contributed by atoms with Crippen molar-refractivity contribution in [3.8, 4) is 0 Å². The van der Waals surface area contributed by atoms with Gasteiger partial charge in [0, 0.05) is 12.2 Å². The van der Waals surface area contributed by atoms with E-state index in [-0.39, 0.29) is 37.4 Å². The zero-order chi connectivity index (χ0) is 19.7. The van der Waals surface area contributed by atoms with Gasteiger partial charge in [0.05, 0.1) is 13.6 Å². The van der Waals surface area contributed by atoms with E-state index in [9.17, 15) is 14.4 Å². The van der Waals surface area contributed by atoms with Crippen LogP contribution < -0.4 is 20.9 Å². The van der Waals surface area contributed by atoms with E-state index in [2.05, 4.69) is 16.0 Å². The average molecular weight is 363 g/mol. The van der Waals surface area contributed by atoms with Gasteiger partial charge in [-0.25, -0.2) is 0 Å². The van der Waals surface area contributed by atoms with E-state index in [0.717, 1.165) is 33.7 Å². The third-order valence-corrected chi connectivity index (χ3v) is 3.88. The molecule has 7 nitrogen and oxygen atoms in total. The Labute approximate surface area is 155 Å². The van der Waals surface area contributed by atoms with Crippen molar-refractivity contribution in [2.45, 2.75) is 34.1 Å². The molecule has 0 bridgehead atoms. The highest BCUT2D eigenvalue weighted by atomic mass is 16.2. The largest absolute Gasteiger partial charge is 0.355 e. The Morgan fingerprint density at radius 3 is 2.08 bits per heavy atom. The van der Waals surface area contributed by atoms with Gasteiger partial charge in [-0.15, -0.1) is 0 Å². The summed E-state index contributed by atoms with van der Waals surface area (Å²) in [7, 11) is 1.77. The number of quaternary nitrogens is 1. The maximum atomic E-state index is 12.3. The number of carbonyl (C=O) groups excluding carboxylic acids is 3. The lowest BCUT2D eigenvalue weighted by molar-refractivity contribution is -0.862. The first-order valence-electron chi connectivity index (χ1n) is 8.95. The highest BCUT2D eigenvalue weighted by molar-refractivity contribution is 5.93. The summed E-state index contributed by atoms with van der Waals surface area (Å²) in [5, 5.41) is 8.18. The van der Waals surface area contributed by atoms with E-state index in [1.807, 2.05) is 39.8 Å². The Morgan fingerprint density at radius 2 is 1.50 bits per heavy atom. The molecule has 0 fully saturated rings. The summed E-state index contributed by atoms with van der Waals surface area (Å²) in [6.07, 6.45) is 0.849. The molecule has 1 atom stereocenters. The van der Waals surface area contributed by atoms with Crippen LogP contribution in [0.3, 0.4) is 0 Å². The van der Waals surface area contributed by atoms with Gasteiger partial charge in [-0.2, -0.15) is 0 Å². The molecule has 0 aliphatic carbocycles. The van der Waals surface area contributed by atoms with Crippen molar-refractivity contribution >= 4 is 23.4 Å². The van der Waals surface area contributed by atoms with E-state index in [4.69, 9.17) is 0 Å². The molecule has 1 rings (SSSR count). The normalized spacial score (nSPS) is 11.6. The van der Waals surface area contributed by atoms with E-state index in [0.29, 0.717) is 6.54 Å². The molecule has 4 N–H and O–H groups in total. The maximum absolute atomic E-state index is 12.3. The quantitative estimate of drug-likeness (QED) is 0.486. The van der Waals surface area contributed by atoms with Crippen molar-refractivity contribution in [1.29, 1.82) is 0 Å². The first kappa shape index (κ1) is 21.6. The topological polar surface area (TPSA) is 91.7 Å². The molecule has 0 heterocycles. The number of rotatable bonds is 9. The third-order valence-electron chi connectivity index (χ3n) is 3.88. The minimum Gasteiger partial charge on any atom is -0.355 e. The van der Waals surface area contributed by atoms with Gasteiger partial charge in [-0.3, -0.25) is 14.4 Å². The molecule has 1 aromatic carbocycles. The lowest BCUT2D eigenvalue weighted by atomic mass is 10.1. The summed E-state index contributed by atoms with van der Waals surface area (Å²) in [6, 6.07) is 4.05. The van der Waals surface area contributed by atoms with Crippen molar-refractivity contribution < 1.29 is 19.3 Å². The zero-order valence-corrected chi connectivity index (χ0v) is 16.4. The second kappa shape index (κ2) is 10.6. The van der Waals surface area contributed by atoms with Gasteiger partial charge >= 0.3 is 0 Å². The van der Waals surface area contributed by atoms with Gasteiger partial charge in [0.2, 0.25) is 5.91 Å². The Balaban J connectivity index is 2.43. The number of nitrogens with one attached hydrogen (secondary N) is 4. The van der Waals surface area contributed by atoms with Crippen LogP contribution in [0.15, 0.2) is 12.1 Å². The lowest BCUT2D eigenvalue weighted by Gasteiger charge is -2.16. The molecule has 3 amide bonds. The number of hydrogen-bond donors (Lipinski definition) is 4. The molecule has 0 saturated carbocycles. The van der Waals surface area contributed by atoms with Gasteiger partial charge in [-0.05, 0) is 38.3 Å². The van der Waals surface area contributed by atoms with Crippen molar-refractivity contribution in [3.63, 3.8) is 0 Å². The van der Waals surface area contributed by atoms with Crippen LogP contribution in [0.5, 0.6) is 0 Å². The molecule has 0 radical (unpaired) electrons. The second-order valence-electron chi connectivity index (χ2n) is 6.76. The fourth-order valence-electron chi connectivity index (χ4n) is 2.74. The predicted octanol–water partition coefficient (Wildman–Crippen LogP) is -0.293. The van der Waals surface area contributed by atoms with E-state index in [1.54, 1.807) is 7.05 Å². The first-order valence-corrected chi connectivity index (χ1v) is 8.95. The minimum atomic E-state index is -0.260. The number of hydrogen-bond acceptors (Lipinski definition) is 3.